The summed E-state index contributed by atoms with van der Waals surface area (Å²) < 4.78 is 7.21. The lowest BCUT2D eigenvalue weighted by Gasteiger charge is -2.09. The monoisotopic (exact) mass is 321 g/mol. The van der Waals surface area contributed by atoms with E-state index < -0.39 is 0 Å². The quantitative estimate of drug-likeness (QED) is 0.666. The van der Waals surface area contributed by atoms with Gasteiger partial charge in [0.05, 0.1) is 19.3 Å². The summed E-state index contributed by atoms with van der Waals surface area (Å²) in [4.78, 5) is 0. The van der Waals surface area contributed by atoms with Crippen molar-refractivity contribution in [1.29, 1.82) is 0 Å². The standard InChI is InChI=1S/C20H23N3O/c1-3-17-13-20(24-2)12-10-18(17)9-11-19-15-23(22-21-19)14-16-7-5-4-6-8-16/h4-8,10,12-13,15H,3,9,11,14H2,1-2H3. The highest BCUT2D eigenvalue weighted by Gasteiger charge is 2.06. The SMILES string of the molecule is CCc1cc(OC)ccc1CCc1cn(Cc2ccccc2)nn1. The molecular weight excluding hydrogens is 298 g/mol. The van der Waals surface area contributed by atoms with Crippen LogP contribution < -0.4 is 4.74 Å². The van der Waals surface area contributed by atoms with Gasteiger partial charge in [0.1, 0.15) is 5.75 Å². The number of ether oxygens (including phenoxy) is 1. The van der Waals surface area contributed by atoms with E-state index in [-0.39, 0.29) is 0 Å². The zero-order chi connectivity index (χ0) is 16.8. The molecule has 124 valence electrons. The fourth-order valence-corrected chi connectivity index (χ4v) is 2.87. The minimum Gasteiger partial charge on any atom is -0.497 e. The highest BCUT2D eigenvalue weighted by molar-refractivity contribution is 5.36. The van der Waals surface area contributed by atoms with Crippen molar-refractivity contribution >= 4 is 0 Å². The number of nitrogens with zero attached hydrogens (tertiary/aromatic N) is 3. The summed E-state index contributed by atoms with van der Waals surface area (Å²) in [6.07, 6.45) is 4.92. The minimum absolute atomic E-state index is 0.761. The van der Waals surface area contributed by atoms with Crippen LogP contribution in [-0.2, 0) is 25.8 Å². The number of aromatic nitrogens is 3. The van der Waals surface area contributed by atoms with Crippen LogP contribution in [0.4, 0.5) is 0 Å². The van der Waals surface area contributed by atoms with Gasteiger partial charge < -0.3 is 4.74 Å². The normalized spacial score (nSPS) is 10.8. The Hall–Kier alpha value is -2.62. The van der Waals surface area contributed by atoms with Crippen LogP contribution in [-0.4, -0.2) is 22.1 Å². The van der Waals surface area contributed by atoms with E-state index in [0.717, 1.165) is 37.3 Å². The van der Waals surface area contributed by atoms with Crippen molar-refractivity contribution in [2.75, 3.05) is 7.11 Å². The smallest absolute Gasteiger partial charge is 0.119 e. The highest BCUT2D eigenvalue weighted by atomic mass is 16.5. The van der Waals surface area contributed by atoms with Gasteiger partial charge in [-0.05, 0) is 48.1 Å². The minimum atomic E-state index is 0.761. The first kappa shape index (κ1) is 16.2. The lowest BCUT2D eigenvalue weighted by atomic mass is 10.00. The first-order chi connectivity index (χ1) is 11.8. The molecule has 0 N–H and O–H groups in total. The van der Waals surface area contributed by atoms with Crippen molar-refractivity contribution in [3.8, 4) is 5.75 Å². The molecule has 0 saturated carbocycles. The molecule has 3 aromatic rings. The Kier molecular flexibility index (Phi) is 5.26. The number of methoxy groups -OCH3 is 1. The first-order valence-electron chi connectivity index (χ1n) is 8.37. The average molecular weight is 321 g/mol. The summed E-state index contributed by atoms with van der Waals surface area (Å²) in [5.74, 6) is 0.921. The van der Waals surface area contributed by atoms with Gasteiger partial charge in [-0.3, -0.25) is 0 Å². The third-order valence-corrected chi connectivity index (χ3v) is 4.22. The summed E-state index contributed by atoms with van der Waals surface area (Å²) >= 11 is 0. The predicted octanol–water partition coefficient (Wildman–Crippen LogP) is 3.68. The first-order valence-corrected chi connectivity index (χ1v) is 8.37. The number of aryl methyl sites for hydroxylation is 3. The van der Waals surface area contributed by atoms with Crippen molar-refractivity contribution < 1.29 is 4.74 Å². The molecule has 0 atom stereocenters. The molecule has 0 spiro atoms. The largest absolute Gasteiger partial charge is 0.497 e. The maximum absolute atomic E-state index is 5.31. The van der Waals surface area contributed by atoms with Gasteiger partial charge >= 0.3 is 0 Å². The second-order valence-corrected chi connectivity index (χ2v) is 5.88. The van der Waals surface area contributed by atoms with Crippen LogP contribution in [0.15, 0.2) is 54.7 Å². The van der Waals surface area contributed by atoms with Crippen LogP contribution in [0.2, 0.25) is 0 Å². The molecule has 4 heteroatoms. The Morgan fingerprint density at radius 1 is 1.00 bits per heavy atom. The van der Waals surface area contributed by atoms with Crippen LogP contribution in [0.3, 0.4) is 0 Å². The van der Waals surface area contributed by atoms with E-state index in [0.29, 0.717) is 0 Å². The maximum Gasteiger partial charge on any atom is 0.119 e. The summed E-state index contributed by atoms with van der Waals surface area (Å²) in [7, 11) is 1.71. The Morgan fingerprint density at radius 3 is 2.58 bits per heavy atom. The molecule has 1 aromatic heterocycles. The van der Waals surface area contributed by atoms with E-state index in [9.17, 15) is 0 Å². The van der Waals surface area contributed by atoms with Gasteiger partial charge in [-0.1, -0.05) is 48.5 Å². The van der Waals surface area contributed by atoms with E-state index in [2.05, 4.69) is 41.5 Å². The van der Waals surface area contributed by atoms with Crippen LogP contribution in [0, 0.1) is 0 Å². The van der Waals surface area contributed by atoms with Crippen LogP contribution in [0.5, 0.6) is 5.75 Å². The highest BCUT2D eigenvalue weighted by Crippen LogP contribution is 2.19. The molecular formula is C20H23N3O. The van der Waals surface area contributed by atoms with Crippen LogP contribution >= 0.6 is 0 Å². The Balaban J connectivity index is 1.63. The topological polar surface area (TPSA) is 39.9 Å². The van der Waals surface area contributed by atoms with Gasteiger partial charge in [-0.25, -0.2) is 4.68 Å². The van der Waals surface area contributed by atoms with Gasteiger partial charge in [0.15, 0.2) is 0 Å². The molecule has 0 aliphatic heterocycles. The van der Waals surface area contributed by atoms with Crippen LogP contribution in [0.25, 0.3) is 0 Å². The molecule has 0 saturated heterocycles. The fourth-order valence-electron chi connectivity index (χ4n) is 2.87. The molecule has 0 radical (unpaired) electrons. The van der Waals surface area contributed by atoms with Gasteiger partial charge in [-0.2, -0.15) is 0 Å². The van der Waals surface area contributed by atoms with Gasteiger partial charge in [-0.15, -0.1) is 5.10 Å². The summed E-state index contributed by atoms with van der Waals surface area (Å²) in [6, 6.07) is 16.6. The molecule has 0 aliphatic carbocycles. The van der Waals surface area contributed by atoms with E-state index in [1.54, 1.807) is 7.11 Å². The van der Waals surface area contributed by atoms with Crippen molar-refractivity contribution in [3.63, 3.8) is 0 Å². The van der Waals surface area contributed by atoms with Crippen molar-refractivity contribution in [1.82, 2.24) is 15.0 Å². The second kappa shape index (κ2) is 7.77. The van der Waals surface area contributed by atoms with Gasteiger partial charge in [0.25, 0.3) is 0 Å². The average Bonchev–Trinajstić information content (AvgIpc) is 3.08. The molecule has 0 aliphatic rings. The van der Waals surface area contributed by atoms with Gasteiger partial charge in [0, 0.05) is 6.20 Å². The number of rotatable bonds is 7. The molecule has 0 amide bonds. The fraction of sp³-hybridized carbons (Fsp3) is 0.300. The lowest BCUT2D eigenvalue weighted by Crippen LogP contribution is -2.00. The van der Waals surface area contributed by atoms with Crippen molar-refractivity contribution in [2.24, 2.45) is 0 Å². The zero-order valence-electron chi connectivity index (χ0n) is 14.3. The zero-order valence-corrected chi connectivity index (χ0v) is 14.3. The summed E-state index contributed by atoms with van der Waals surface area (Å²) in [6.45, 7) is 2.94. The Morgan fingerprint density at radius 2 is 1.83 bits per heavy atom. The Labute approximate surface area is 143 Å². The number of hydrogen-bond donors (Lipinski definition) is 0. The molecule has 0 unspecified atom stereocenters. The molecule has 0 bridgehead atoms. The van der Waals surface area contributed by atoms with E-state index in [4.69, 9.17) is 4.74 Å². The predicted molar refractivity (Wildman–Crippen MR) is 95.3 cm³/mol. The van der Waals surface area contributed by atoms with Crippen LogP contribution in [0.1, 0.15) is 29.3 Å². The molecule has 4 nitrogen and oxygen atoms in total. The molecule has 2 aromatic carbocycles. The molecule has 1 heterocycles. The molecule has 24 heavy (non-hydrogen) atoms. The maximum atomic E-state index is 5.31. The summed E-state index contributed by atoms with van der Waals surface area (Å²) in [5.41, 5.74) is 4.96. The molecule has 3 rings (SSSR count). The number of benzene rings is 2. The third-order valence-electron chi connectivity index (χ3n) is 4.22. The lowest BCUT2D eigenvalue weighted by molar-refractivity contribution is 0.414. The van der Waals surface area contributed by atoms with E-state index in [1.165, 1.54) is 16.7 Å². The second-order valence-electron chi connectivity index (χ2n) is 5.88. The summed E-state index contributed by atoms with van der Waals surface area (Å²) in [5, 5.41) is 8.55. The molecule has 0 fully saturated rings. The van der Waals surface area contributed by atoms with E-state index >= 15 is 0 Å². The Bertz CT molecular complexity index is 781. The van der Waals surface area contributed by atoms with Gasteiger partial charge in [0.2, 0.25) is 0 Å². The number of hydrogen-bond acceptors (Lipinski definition) is 3. The van der Waals surface area contributed by atoms with Crippen molar-refractivity contribution in [2.45, 2.75) is 32.7 Å². The van der Waals surface area contributed by atoms with Crippen molar-refractivity contribution in [3.05, 3.63) is 77.1 Å². The third kappa shape index (κ3) is 4.02. The van der Waals surface area contributed by atoms with E-state index in [1.807, 2.05) is 35.1 Å².